The van der Waals surface area contributed by atoms with E-state index in [0.29, 0.717) is 17.3 Å². The van der Waals surface area contributed by atoms with Gasteiger partial charge in [0.1, 0.15) is 0 Å². The van der Waals surface area contributed by atoms with Crippen molar-refractivity contribution in [1.82, 2.24) is 4.90 Å². The molecule has 1 aliphatic rings. The molecule has 0 amide bonds. The summed E-state index contributed by atoms with van der Waals surface area (Å²) in [6.45, 7) is 5.77. The van der Waals surface area contributed by atoms with Gasteiger partial charge in [-0.05, 0) is 26.1 Å². The van der Waals surface area contributed by atoms with Gasteiger partial charge in [-0.3, -0.25) is 0 Å². The molecular weight excluding hydrogens is 160 g/mol. The predicted octanol–water partition coefficient (Wildman–Crippen LogP) is 0.339. The van der Waals surface area contributed by atoms with Crippen LogP contribution in [-0.4, -0.2) is 35.3 Å². The Balaban J connectivity index is 2.14. The lowest BCUT2D eigenvalue weighted by atomic mass is 10.2. The number of ether oxygens (including phenoxy) is 1. The van der Waals surface area contributed by atoms with E-state index in [2.05, 4.69) is 0 Å². The molecule has 0 spiro atoms. The van der Waals surface area contributed by atoms with Gasteiger partial charge >= 0.3 is 0 Å². The van der Waals surface area contributed by atoms with Gasteiger partial charge < -0.3 is 15.4 Å². The highest BCUT2D eigenvalue weighted by atomic mass is 32.1. The standard InChI is InChI=1S/C7H14N2OS/c1-5(2)10-6-3-9(4-6)7(8)11/h5-6H,3-4H2,1-2H3,(H2,8,11). The van der Waals surface area contributed by atoms with E-state index in [0.717, 1.165) is 13.1 Å². The van der Waals surface area contributed by atoms with E-state index in [9.17, 15) is 0 Å². The van der Waals surface area contributed by atoms with Crippen molar-refractivity contribution in [3.8, 4) is 0 Å². The van der Waals surface area contributed by atoms with Crippen LogP contribution in [0, 0.1) is 0 Å². The highest BCUT2D eigenvalue weighted by molar-refractivity contribution is 7.80. The minimum Gasteiger partial charge on any atom is -0.376 e. The molecule has 1 rings (SSSR count). The van der Waals surface area contributed by atoms with Crippen LogP contribution in [-0.2, 0) is 4.74 Å². The smallest absolute Gasteiger partial charge is 0.166 e. The lowest BCUT2D eigenvalue weighted by molar-refractivity contribution is -0.0562. The SMILES string of the molecule is CC(C)OC1CN(C(N)=S)C1. The quantitative estimate of drug-likeness (QED) is 0.613. The lowest BCUT2D eigenvalue weighted by Gasteiger charge is -2.40. The van der Waals surface area contributed by atoms with E-state index in [1.165, 1.54) is 0 Å². The zero-order valence-corrected chi connectivity index (χ0v) is 7.73. The van der Waals surface area contributed by atoms with E-state index in [4.69, 9.17) is 22.7 Å². The van der Waals surface area contributed by atoms with Crippen LogP contribution in [0.15, 0.2) is 0 Å². The van der Waals surface area contributed by atoms with Crippen LogP contribution >= 0.6 is 12.2 Å². The Kier molecular flexibility index (Phi) is 2.67. The summed E-state index contributed by atoms with van der Waals surface area (Å²) >= 11 is 4.78. The maximum atomic E-state index is 5.51. The molecule has 4 heteroatoms. The Bertz CT molecular complexity index is 155. The summed E-state index contributed by atoms with van der Waals surface area (Å²) in [5, 5.41) is 0.480. The third-order valence-electron chi connectivity index (χ3n) is 1.62. The van der Waals surface area contributed by atoms with Crippen molar-refractivity contribution in [1.29, 1.82) is 0 Å². The Hall–Kier alpha value is -0.350. The molecular formula is C7H14N2OS. The van der Waals surface area contributed by atoms with Gasteiger partial charge in [-0.15, -0.1) is 0 Å². The van der Waals surface area contributed by atoms with E-state index >= 15 is 0 Å². The average Bonchev–Trinajstić information content (AvgIpc) is 1.75. The summed E-state index contributed by atoms with van der Waals surface area (Å²) in [6.07, 6.45) is 0.630. The zero-order chi connectivity index (χ0) is 8.43. The van der Waals surface area contributed by atoms with Crippen molar-refractivity contribution in [3.63, 3.8) is 0 Å². The van der Waals surface area contributed by atoms with Crippen LogP contribution < -0.4 is 5.73 Å². The van der Waals surface area contributed by atoms with Gasteiger partial charge in [-0.2, -0.15) is 0 Å². The molecule has 0 atom stereocenters. The van der Waals surface area contributed by atoms with Crippen LogP contribution in [0.25, 0.3) is 0 Å². The number of nitrogens with zero attached hydrogens (tertiary/aromatic N) is 1. The Labute approximate surface area is 72.5 Å². The van der Waals surface area contributed by atoms with Gasteiger partial charge in [0.25, 0.3) is 0 Å². The monoisotopic (exact) mass is 174 g/mol. The van der Waals surface area contributed by atoms with Crippen LogP contribution in [0.3, 0.4) is 0 Å². The number of rotatable bonds is 2. The minimum atomic E-state index is 0.300. The molecule has 2 N–H and O–H groups in total. The molecule has 0 bridgehead atoms. The topological polar surface area (TPSA) is 38.5 Å². The Morgan fingerprint density at radius 1 is 1.64 bits per heavy atom. The fourth-order valence-electron chi connectivity index (χ4n) is 1.09. The van der Waals surface area contributed by atoms with Crippen LogP contribution in [0.5, 0.6) is 0 Å². The molecule has 0 saturated carbocycles. The van der Waals surface area contributed by atoms with Crippen molar-refractivity contribution in [2.75, 3.05) is 13.1 Å². The van der Waals surface area contributed by atoms with Crippen molar-refractivity contribution in [2.24, 2.45) is 5.73 Å². The van der Waals surface area contributed by atoms with Gasteiger partial charge in [0.05, 0.1) is 12.2 Å². The molecule has 0 aromatic carbocycles. The van der Waals surface area contributed by atoms with Crippen molar-refractivity contribution in [3.05, 3.63) is 0 Å². The van der Waals surface area contributed by atoms with E-state index in [1.807, 2.05) is 18.7 Å². The molecule has 0 aromatic heterocycles. The van der Waals surface area contributed by atoms with Gasteiger partial charge in [-0.1, -0.05) is 0 Å². The summed E-state index contributed by atoms with van der Waals surface area (Å²) in [5.74, 6) is 0. The second-order valence-electron chi connectivity index (χ2n) is 3.05. The summed E-state index contributed by atoms with van der Waals surface area (Å²) in [6, 6.07) is 0. The van der Waals surface area contributed by atoms with Gasteiger partial charge in [0.15, 0.2) is 5.11 Å². The van der Waals surface area contributed by atoms with E-state index in [1.54, 1.807) is 0 Å². The number of hydrogen-bond acceptors (Lipinski definition) is 2. The summed E-state index contributed by atoms with van der Waals surface area (Å²) < 4.78 is 5.51. The van der Waals surface area contributed by atoms with Gasteiger partial charge in [-0.25, -0.2) is 0 Å². The molecule has 0 aliphatic carbocycles. The van der Waals surface area contributed by atoms with Crippen molar-refractivity contribution < 1.29 is 4.74 Å². The van der Waals surface area contributed by atoms with Gasteiger partial charge in [0, 0.05) is 13.1 Å². The first kappa shape index (κ1) is 8.74. The maximum Gasteiger partial charge on any atom is 0.166 e. The second kappa shape index (κ2) is 3.36. The fraction of sp³-hybridized carbons (Fsp3) is 0.857. The summed E-state index contributed by atoms with van der Waals surface area (Å²) in [5.41, 5.74) is 5.39. The Morgan fingerprint density at radius 2 is 2.18 bits per heavy atom. The molecule has 0 aromatic rings. The van der Waals surface area contributed by atoms with E-state index in [-0.39, 0.29) is 0 Å². The molecule has 1 heterocycles. The molecule has 0 radical (unpaired) electrons. The molecule has 11 heavy (non-hydrogen) atoms. The molecule has 0 unspecified atom stereocenters. The van der Waals surface area contributed by atoms with Crippen LogP contribution in [0.1, 0.15) is 13.8 Å². The maximum absolute atomic E-state index is 5.51. The van der Waals surface area contributed by atoms with E-state index < -0.39 is 0 Å². The summed E-state index contributed by atoms with van der Waals surface area (Å²) in [7, 11) is 0. The second-order valence-corrected chi connectivity index (χ2v) is 3.47. The molecule has 64 valence electrons. The third-order valence-corrected chi connectivity index (χ3v) is 1.88. The lowest BCUT2D eigenvalue weighted by Crippen LogP contribution is -2.57. The predicted molar refractivity (Wildman–Crippen MR) is 48.4 cm³/mol. The summed E-state index contributed by atoms with van der Waals surface area (Å²) in [4.78, 5) is 1.93. The molecule has 1 aliphatic heterocycles. The average molecular weight is 174 g/mol. The normalized spacial score (nSPS) is 18.6. The molecule has 1 fully saturated rings. The zero-order valence-electron chi connectivity index (χ0n) is 6.91. The van der Waals surface area contributed by atoms with Crippen LogP contribution in [0.2, 0.25) is 0 Å². The first-order valence-electron chi connectivity index (χ1n) is 3.79. The number of nitrogens with two attached hydrogens (primary N) is 1. The largest absolute Gasteiger partial charge is 0.376 e. The van der Waals surface area contributed by atoms with Crippen molar-refractivity contribution in [2.45, 2.75) is 26.1 Å². The third kappa shape index (κ3) is 2.31. The van der Waals surface area contributed by atoms with Crippen LogP contribution in [0.4, 0.5) is 0 Å². The van der Waals surface area contributed by atoms with Crippen molar-refractivity contribution >= 4 is 17.3 Å². The highest BCUT2D eigenvalue weighted by Crippen LogP contribution is 2.12. The number of hydrogen-bond donors (Lipinski definition) is 1. The minimum absolute atomic E-state index is 0.300. The van der Waals surface area contributed by atoms with Gasteiger partial charge in [0.2, 0.25) is 0 Å². The first-order chi connectivity index (χ1) is 5.09. The highest BCUT2D eigenvalue weighted by Gasteiger charge is 2.28. The molecule has 3 nitrogen and oxygen atoms in total. The molecule has 1 saturated heterocycles. The number of likely N-dealkylation sites (tertiary alicyclic amines) is 1. The first-order valence-corrected chi connectivity index (χ1v) is 4.20. The Morgan fingerprint density at radius 3 is 2.55 bits per heavy atom. The fourth-order valence-corrected chi connectivity index (χ4v) is 1.24. The number of thiocarbonyl (C=S) groups is 1.